The zero-order valence-corrected chi connectivity index (χ0v) is 23.2. The highest BCUT2D eigenvalue weighted by molar-refractivity contribution is 7.91. The zero-order valence-electron chi connectivity index (χ0n) is 20.8. The Morgan fingerprint density at radius 3 is 2.49 bits per heavy atom. The van der Waals surface area contributed by atoms with Gasteiger partial charge in [-0.3, -0.25) is 4.79 Å². The van der Waals surface area contributed by atoms with Gasteiger partial charge < -0.3 is 15.3 Å². The van der Waals surface area contributed by atoms with Gasteiger partial charge in [-0.05, 0) is 40.5 Å². The van der Waals surface area contributed by atoms with E-state index in [0.717, 1.165) is 17.6 Å². The normalized spacial score (nSPS) is 19.9. The van der Waals surface area contributed by atoms with Gasteiger partial charge in [0.1, 0.15) is 36.9 Å². The molecule has 0 bridgehead atoms. The van der Waals surface area contributed by atoms with Gasteiger partial charge in [-0.25, -0.2) is 12.8 Å². The van der Waals surface area contributed by atoms with Gasteiger partial charge in [-0.2, -0.15) is 8.42 Å². The zero-order chi connectivity index (χ0) is 27.3. The van der Waals surface area contributed by atoms with Crippen molar-refractivity contribution in [2.45, 2.75) is 38.6 Å². The minimum Gasteiger partial charge on any atom is -0.511 e. The second-order valence-corrected chi connectivity index (χ2v) is 15.0. The van der Waals surface area contributed by atoms with E-state index in [-0.39, 0.29) is 52.3 Å². The number of aryl methyl sites for hydroxylation is 1. The van der Waals surface area contributed by atoms with Crippen LogP contribution in [0.1, 0.15) is 31.9 Å². The van der Waals surface area contributed by atoms with Crippen LogP contribution in [0.25, 0.3) is 0 Å². The van der Waals surface area contributed by atoms with Gasteiger partial charge in [-0.15, -0.1) is 15.7 Å². The molecule has 0 radical (unpaired) electrons. The lowest BCUT2D eigenvalue weighted by atomic mass is 9.76. The number of sulfonamides is 1. The summed E-state index contributed by atoms with van der Waals surface area (Å²) in [5, 5.41) is 15.8. The summed E-state index contributed by atoms with van der Waals surface area (Å²) < 4.78 is 66.8. The van der Waals surface area contributed by atoms with E-state index in [1.54, 1.807) is 17.5 Å². The van der Waals surface area contributed by atoms with Crippen LogP contribution < -0.4 is 5.32 Å². The van der Waals surface area contributed by atoms with Crippen molar-refractivity contribution in [2.75, 3.05) is 23.9 Å². The van der Waals surface area contributed by atoms with Crippen molar-refractivity contribution in [1.29, 1.82) is 0 Å². The standard InChI is InChI=1S/C24H28FN3O6S3/c1-24(2,3)17-12-28(11-14-5-7-16(25)8-6-14)23(30)18(19(17)29)21-26-22-20(37(33,34)27-21)15(13-35-22)9-10-36(4,31)32/h5-8,13,17,29H,9-12H2,1-4H3,(H,26,27). The highest BCUT2D eigenvalue weighted by atomic mass is 32.2. The number of anilines is 1. The van der Waals surface area contributed by atoms with Crippen molar-refractivity contribution in [3.05, 3.63) is 57.9 Å². The molecule has 2 N–H and O–H groups in total. The summed E-state index contributed by atoms with van der Waals surface area (Å²) in [7, 11) is -7.61. The molecular formula is C24H28FN3O6S3. The Labute approximate surface area is 219 Å². The van der Waals surface area contributed by atoms with E-state index in [1.807, 2.05) is 20.8 Å². The fourth-order valence-electron chi connectivity index (χ4n) is 4.31. The smallest absolute Gasteiger partial charge is 0.287 e. The second-order valence-electron chi connectivity index (χ2n) is 10.3. The van der Waals surface area contributed by atoms with Crippen LogP contribution in [0.5, 0.6) is 0 Å². The molecule has 0 saturated heterocycles. The first-order chi connectivity index (χ1) is 17.1. The summed E-state index contributed by atoms with van der Waals surface area (Å²) in [4.78, 5) is 14.9. The van der Waals surface area contributed by atoms with E-state index in [4.69, 9.17) is 0 Å². The van der Waals surface area contributed by atoms with Gasteiger partial charge >= 0.3 is 0 Å². The summed E-state index contributed by atoms with van der Waals surface area (Å²) in [5.74, 6) is -2.31. The number of amidine groups is 1. The first-order valence-corrected chi connectivity index (χ1v) is 15.8. The molecule has 4 rings (SSSR count). The molecule has 0 saturated carbocycles. The van der Waals surface area contributed by atoms with Gasteiger partial charge in [0.05, 0.1) is 5.75 Å². The molecule has 1 amide bonds. The lowest BCUT2D eigenvalue weighted by molar-refractivity contribution is -0.130. The van der Waals surface area contributed by atoms with Crippen LogP contribution in [0.2, 0.25) is 0 Å². The predicted octanol–water partition coefficient (Wildman–Crippen LogP) is 3.50. The fraction of sp³-hybridized carbons (Fsp3) is 0.417. The lowest BCUT2D eigenvalue weighted by Gasteiger charge is -2.40. The number of amides is 1. The third kappa shape index (κ3) is 5.73. The van der Waals surface area contributed by atoms with Crippen molar-refractivity contribution < 1.29 is 31.1 Å². The number of carbonyl (C=O) groups is 1. The maximum Gasteiger partial charge on any atom is 0.287 e. The third-order valence-electron chi connectivity index (χ3n) is 6.32. The van der Waals surface area contributed by atoms with Crippen LogP contribution in [0.3, 0.4) is 0 Å². The average molecular weight is 570 g/mol. The van der Waals surface area contributed by atoms with Crippen LogP contribution >= 0.6 is 11.3 Å². The SMILES string of the molecule is CC(C)(C)C1CN(Cc2ccc(F)cc2)C(=O)C(C2=NS(=O)(=O)c3c(CCS(C)(=O)=O)csc3N2)=C1O. The Morgan fingerprint density at radius 2 is 1.89 bits per heavy atom. The van der Waals surface area contributed by atoms with Gasteiger partial charge in [-0.1, -0.05) is 32.9 Å². The molecule has 0 fully saturated rings. The highest BCUT2D eigenvalue weighted by Gasteiger charge is 2.43. The van der Waals surface area contributed by atoms with E-state index in [0.29, 0.717) is 11.1 Å². The third-order valence-corrected chi connectivity index (χ3v) is 9.74. The molecule has 2 aliphatic rings. The fourth-order valence-corrected chi connectivity index (χ4v) is 7.57. The van der Waals surface area contributed by atoms with Crippen LogP contribution in [-0.4, -0.2) is 57.1 Å². The monoisotopic (exact) mass is 569 g/mol. The van der Waals surface area contributed by atoms with Crippen LogP contribution in [0.15, 0.2) is 50.3 Å². The molecule has 1 unspecified atom stereocenters. The Morgan fingerprint density at radius 1 is 1.24 bits per heavy atom. The first-order valence-electron chi connectivity index (χ1n) is 11.4. The number of benzene rings is 1. The van der Waals surface area contributed by atoms with E-state index in [2.05, 4.69) is 9.71 Å². The topological polar surface area (TPSA) is 133 Å². The summed E-state index contributed by atoms with van der Waals surface area (Å²) in [5.41, 5.74) is 0.260. The van der Waals surface area contributed by atoms with E-state index in [1.165, 1.54) is 17.0 Å². The Hall–Kier alpha value is -2.77. The largest absolute Gasteiger partial charge is 0.511 e. The summed E-state index contributed by atoms with van der Waals surface area (Å²) in [6, 6.07) is 5.70. The molecule has 1 atom stereocenters. The molecule has 0 aliphatic carbocycles. The van der Waals surface area contributed by atoms with Gasteiger partial charge in [0, 0.05) is 25.3 Å². The predicted molar refractivity (Wildman–Crippen MR) is 140 cm³/mol. The number of carbonyl (C=O) groups excluding carboxylic acids is 1. The molecule has 13 heteroatoms. The van der Waals surface area contributed by atoms with Crippen LogP contribution in [0.4, 0.5) is 9.39 Å². The minimum absolute atomic E-state index is 0.000846. The quantitative estimate of drug-likeness (QED) is 0.544. The molecular weight excluding hydrogens is 541 g/mol. The van der Waals surface area contributed by atoms with E-state index >= 15 is 0 Å². The molecule has 3 heterocycles. The summed E-state index contributed by atoms with van der Waals surface area (Å²) in [6.45, 7) is 6.00. The number of nitrogens with zero attached hydrogens (tertiary/aromatic N) is 2. The molecule has 1 aromatic carbocycles. The van der Waals surface area contributed by atoms with Crippen molar-refractivity contribution in [3.8, 4) is 0 Å². The number of aliphatic hydroxyl groups excluding tert-OH is 1. The number of aliphatic hydroxyl groups is 1. The maximum absolute atomic E-state index is 13.6. The summed E-state index contributed by atoms with van der Waals surface area (Å²) >= 11 is 1.06. The first kappa shape index (κ1) is 27.3. The molecule has 2 aliphatic heterocycles. The molecule has 200 valence electrons. The number of sulfone groups is 1. The van der Waals surface area contributed by atoms with Crippen LogP contribution in [-0.2, 0) is 37.6 Å². The van der Waals surface area contributed by atoms with Crippen LogP contribution in [0, 0.1) is 17.2 Å². The number of hydrogen-bond acceptors (Lipinski definition) is 8. The van der Waals surface area contributed by atoms with Crippen molar-refractivity contribution >= 4 is 47.9 Å². The number of rotatable bonds is 6. The Bertz CT molecular complexity index is 1520. The van der Waals surface area contributed by atoms with Gasteiger partial charge in [0.15, 0.2) is 5.84 Å². The van der Waals surface area contributed by atoms with E-state index in [9.17, 15) is 31.1 Å². The lowest BCUT2D eigenvalue weighted by Crippen LogP contribution is -2.48. The minimum atomic E-state index is -4.29. The highest BCUT2D eigenvalue weighted by Crippen LogP contribution is 2.41. The Balaban J connectivity index is 1.74. The van der Waals surface area contributed by atoms with Crippen molar-refractivity contribution in [2.24, 2.45) is 15.7 Å². The molecule has 37 heavy (non-hydrogen) atoms. The van der Waals surface area contributed by atoms with Gasteiger partial charge in [0.25, 0.3) is 15.9 Å². The molecule has 2 aromatic rings. The second kappa shape index (κ2) is 9.52. The Kier molecular flexibility index (Phi) is 7.01. The van der Waals surface area contributed by atoms with Gasteiger partial charge in [0.2, 0.25) is 0 Å². The van der Waals surface area contributed by atoms with Crippen molar-refractivity contribution in [1.82, 2.24) is 4.90 Å². The number of thiophene rings is 1. The van der Waals surface area contributed by atoms with E-state index < -0.39 is 42.9 Å². The number of hydrogen-bond donors (Lipinski definition) is 2. The molecule has 9 nitrogen and oxygen atoms in total. The number of halogens is 1. The number of fused-ring (bicyclic) bond motifs is 1. The maximum atomic E-state index is 13.6. The average Bonchev–Trinajstić information content (AvgIpc) is 3.18. The molecule has 1 aromatic heterocycles. The van der Waals surface area contributed by atoms with Crippen molar-refractivity contribution in [3.63, 3.8) is 0 Å². The summed E-state index contributed by atoms with van der Waals surface area (Å²) in [6.07, 6.45) is 1.07. The molecule has 0 spiro atoms. The number of nitrogens with one attached hydrogen (secondary N) is 1.